The zero-order valence-electron chi connectivity index (χ0n) is 12.3. The molecular formula is C15H25NO3. The Morgan fingerprint density at radius 3 is 2.42 bits per heavy atom. The minimum Gasteiger partial charge on any atom is -0.443 e. The average Bonchev–Trinajstić information content (AvgIpc) is 2.26. The lowest BCUT2D eigenvalue weighted by atomic mass is 9.82. The normalized spacial score (nSPS) is 25.1. The first-order valence-corrected chi connectivity index (χ1v) is 7.42. The van der Waals surface area contributed by atoms with Gasteiger partial charge in [0.1, 0.15) is 5.60 Å². The minimum atomic E-state index is -0.539. The van der Waals surface area contributed by atoms with Crippen LogP contribution in [0.3, 0.4) is 0 Å². The van der Waals surface area contributed by atoms with E-state index in [9.17, 15) is 9.59 Å². The van der Waals surface area contributed by atoms with Crippen molar-refractivity contribution in [3.8, 4) is 0 Å². The number of carbonyl (C=O) groups excluding carboxylic acids is 2. The van der Waals surface area contributed by atoms with Crippen molar-refractivity contribution < 1.29 is 14.3 Å². The van der Waals surface area contributed by atoms with E-state index in [1.165, 1.54) is 37.0 Å². The molecule has 2 amide bonds. The molecule has 0 aromatic rings. The number of amides is 2. The van der Waals surface area contributed by atoms with Crippen molar-refractivity contribution in [2.75, 3.05) is 0 Å². The van der Waals surface area contributed by atoms with Crippen LogP contribution in [0.4, 0.5) is 4.79 Å². The maximum Gasteiger partial charge on any atom is 0.417 e. The molecule has 1 aliphatic carbocycles. The van der Waals surface area contributed by atoms with Gasteiger partial charge >= 0.3 is 6.09 Å². The van der Waals surface area contributed by atoms with Crippen LogP contribution in [0.2, 0.25) is 0 Å². The van der Waals surface area contributed by atoms with E-state index < -0.39 is 11.7 Å². The van der Waals surface area contributed by atoms with Crippen molar-refractivity contribution >= 4 is 12.0 Å². The van der Waals surface area contributed by atoms with Crippen molar-refractivity contribution in [1.82, 2.24) is 4.90 Å². The predicted octanol–water partition coefficient (Wildman–Crippen LogP) is 3.49. The first-order valence-electron chi connectivity index (χ1n) is 7.42. The molecule has 4 heteroatoms. The fourth-order valence-electron chi connectivity index (χ4n) is 3.04. The summed E-state index contributed by atoms with van der Waals surface area (Å²) in [6.45, 7) is 5.47. The summed E-state index contributed by atoms with van der Waals surface area (Å²) in [6.07, 6.45) is 7.40. The molecule has 0 aromatic heterocycles. The minimum absolute atomic E-state index is 0.0745. The Hall–Kier alpha value is -1.06. The number of carbonyl (C=O) groups is 2. The van der Waals surface area contributed by atoms with Crippen molar-refractivity contribution in [3.63, 3.8) is 0 Å². The van der Waals surface area contributed by atoms with Crippen LogP contribution in [0.15, 0.2) is 0 Å². The number of ether oxygens (including phenoxy) is 1. The van der Waals surface area contributed by atoms with Crippen LogP contribution in [-0.4, -0.2) is 28.5 Å². The fourth-order valence-corrected chi connectivity index (χ4v) is 3.04. The Labute approximate surface area is 115 Å². The summed E-state index contributed by atoms with van der Waals surface area (Å²) >= 11 is 0. The molecule has 0 aromatic carbocycles. The molecule has 0 radical (unpaired) electrons. The van der Waals surface area contributed by atoms with E-state index in [2.05, 4.69) is 0 Å². The molecule has 0 bridgehead atoms. The third-order valence-corrected chi connectivity index (χ3v) is 3.96. The maximum absolute atomic E-state index is 12.0. The van der Waals surface area contributed by atoms with Gasteiger partial charge in [-0.1, -0.05) is 32.1 Å². The molecule has 0 N–H and O–H groups in total. The first-order chi connectivity index (χ1) is 8.87. The fraction of sp³-hybridized carbons (Fsp3) is 0.867. The smallest absolute Gasteiger partial charge is 0.417 e. The predicted molar refractivity (Wildman–Crippen MR) is 72.7 cm³/mol. The van der Waals surface area contributed by atoms with Crippen molar-refractivity contribution in [2.45, 2.75) is 77.4 Å². The van der Waals surface area contributed by atoms with E-state index in [-0.39, 0.29) is 11.9 Å². The Balaban J connectivity index is 1.88. The number of likely N-dealkylation sites (tertiary alicyclic amines) is 1. The summed E-state index contributed by atoms with van der Waals surface area (Å²) in [7, 11) is 0. The average molecular weight is 267 g/mol. The van der Waals surface area contributed by atoms with Crippen LogP contribution < -0.4 is 0 Å². The Morgan fingerprint density at radius 2 is 1.89 bits per heavy atom. The first kappa shape index (κ1) is 14.4. The molecule has 1 heterocycles. The van der Waals surface area contributed by atoms with Gasteiger partial charge in [-0.15, -0.1) is 0 Å². The van der Waals surface area contributed by atoms with Gasteiger partial charge in [0.15, 0.2) is 0 Å². The van der Waals surface area contributed by atoms with Crippen LogP contribution in [0.25, 0.3) is 0 Å². The second-order valence-electron chi connectivity index (χ2n) is 6.84. The van der Waals surface area contributed by atoms with Crippen LogP contribution in [-0.2, 0) is 9.53 Å². The molecule has 108 valence electrons. The van der Waals surface area contributed by atoms with Gasteiger partial charge < -0.3 is 4.74 Å². The Morgan fingerprint density at radius 1 is 1.26 bits per heavy atom. The highest BCUT2D eigenvalue weighted by Crippen LogP contribution is 2.33. The van der Waals surface area contributed by atoms with Gasteiger partial charge in [-0.05, 0) is 33.1 Å². The van der Waals surface area contributed by atoms with E-state index in [4.69, 9.17) is 4.74 Å². The number of imide groups is 1. The molecule has 2 rings (SSSR count). The summed E-state index contributed by atoms with van der Waals surface area (Å²) < 4.78 is 5.30. The van der Waals surface area contributed by atoms with E-state index in [1.54, 1.807) is 0 Å². The van der Waals surface area contributed by atoms with Gasteiger partial charge in [-0.3, -0.25) is 4.79 Å². The molecular weight excluding hydrogens is 242 g/mol. The summed E-state index contributed by atoms with van der Waals surface area (Å²) in [5.41, 5.74) is -0.539. The summed E-state index contributed by atoms with van der Waals surface area (Å²) in [4.78, 5) is 25.0. The molecule has 1 atom stereocenters. The van der Waals surface area contributed by atoms with Gasteiger partial charge in [0, 0.05) is 6.42 Å². The van der Waals surface area contributed by atoms with Crippen molar-refractivity contribution in [2.24, 2.45) is 5.92 Å². The van der Waals surface area contributed by atoms with Gasteiger partial charge in [-0.2, -0.15) is 0 Å². The quantitative estimate of drug-likeness (QED) is 0.719. The molecule has 2 fully saturated rings. The van der Waals surface area contributed by atoms with Crippen LogP contribution in [0.1, 0.15) is 65.7 Å². The van der Waals surface area contributed by atoms with Crippen molar-refractivity contribution in [3.05, 3.63) is 0 Å². The topological polar surface area (TPSA) is 46.6 Å². The zero-order valence-corrected chi connectivity index (χ0v) is 12.3. The number of nitrogens with zero attached hydrogens (tertiary/aromatic N) is 1. The monoisotopic (exact) mass is 267 g/mol. The van der Waals surface area contributed by atoms with Crippen molar-refractivity contribution in [1.29, 1.82) is 0 Å². The number of hydrogen-bond acceptors (Lipinski definition) is 3. The number of rotatable bonds is 2. The van der Waals surface area contributed by atoms with E-state index >= 15 is 0 Å². The molecule has 1 aliphatic heterocycles. The standard InChI is InChI=1S/C15H25NO3/c1-15(2,3)19-14(18)16-12(10-13(16)17)9-11-7-5-4-6-8-11/h11-12H,4-10H2,1-3H3. The second kappa shape index (κ2) is 5.51. The highest BCUT2D eigenvalue weighted by Gasteiger charge is 2.43. The van der Waals surface area contributed by atoms with Crippen LogP contribution in [0.5, 0.6) is 0 Å². The third kappa shape index (κ3) is 3.71. The lowest BCUT2D eigenvalue weighted by molar-refractivity contribution is -0.145. The van der Waals surface area contributed by atoms with Gasteiger partial charge in [0.25, 0.3) is 0 Å². The lowest BCUT2D eigenvalue weighted by Gasteiger charge is -2.41. The van der Waals surface area contributed by atoms with Gasteiger partial charge in [0.05, 0.1) is 6.04 Å². The molecule has 1 saturated carbocycles. The van der Waals surface area contributed by atoms with Gasteiger partial charge in [0.2, 0.25) is 5.91 Å². The molecule has 19 heavy (non-hydrogen) atoms. The van der Waals surface area contributed by atoms with Crippen LogP contribution >= 0.6 is 0 Å². The molecule has 1 saturated heterocycles. The summed E-state index contributed by atoms with van der Waals surface area (Å²) in [6, 6.07) is 0.0745. The zero-order chi connectivity index (χ0) is 14.0. The third-order valence-electron chi connectivity index (χ3n) is 3.96. The summed E-state index contributed by atoms with van der Waals surface area (Å²) in [5.74, 6) is 0.590. The Kier molecular flexibility index (Phi) is 4.16. The summed E-state index contributed by atoms with van der Waals surface area (Å²) in [5, 5.41) is 0. The van der Waals surface area contributed by atoms with Gasteiger partial charge in [-0.25, -0.2) is 9.69 Å². The molecule has 1 unspecified atom stereocenters. The number of hydrogen-bond donors (Lipinski definition) is 0. The molecule has 2 aliphatic rings. The number of β-lactam (4-membered cyclic amide) rings is 1. The molecule has 0 spiro atoms. The second-order valence-corrected chi connectivity index (χ2v) is 6.84. The SMILES string of the molecule is CC(C)(C)OC(=O)N1C(=O)CC1CC1CCCCC1. The molecule has 4 nitrogen and oxygen atoms in total. The van der Waals surface area contributed by atoms with E-state index in [1.807, 2.05) is 20.8 Å². The van der Waals surface area contributed by atoms with Crippen LogP contribution in [0, 0.1) is 5.92 Å². The highest BCUT2D eigenvalue weighted by molar-refractivity contribution is 5.97. The lowest BCUT2D eigenvalue weighted by Crippen LogP contribution is -2.57. The maximum atomic E-state index is 12.0. The largest absolute Gasteiger partial charge is 0.443 e. The van der Waals surface area contributed by atoms with E-state index in [0.717, 1.165) is 6.42 Å². The Bertz CT molecular complexity index is 353. The highest BCUT2D eigenvalue weighted by atomic mass is 16.6. The van der Waals surface area contributed by atoms with E-state index in [0.29, 0.717) is 12.3 Å².